The molecular formula is C21H23N7O3S. The zero-order valence-corrected chi connectivity index (χ0v) is 19.1. The van der Waals surface area contributed by atoms with Gasteiger partial charge in [-0.25, -0.2) is 8.42 Å². The number of rotatable bonds is 4. The molecule has 0 N–H and O–H groups in total. The first-order valence-corrected chi connectivity index (χ1v) is 11.7. The summed E-state index contributed by atoms with van der Waals surface area (Å²) in [5.74, 6) is 0.732. The Kier molecular flexibility index (Phi) is 4.75. The topological polar surface area (TPSA) is 112 Å². The van der Waals surface area contributed by atoms with Crippen molar-refractivity contribution in [2.45, 2.75) is 31.7 Å². The second-order valence-corrected chi connectivity index (χ2v) is 9.77. The molecule has 0 atom stereocenters. The Morgan fingerprint density at radius 1 is 1.03 bits per heavy atom. The van der Waals surface area contributed by atoms with Crippen molar-refractivity contribution in [3.8, 4) is 23.0 Å². The van der Waals surface area contributed by atoms with Gasteiger partial charge in [-0.05, 0) is 13.8 Å². The van der Waals surface area contributed by atoms with E-state index < -0.39 is 10.0 Å². The summed E-state index contributed by atoms with van der Waals surface area (Å²) in [6.07, 6.45) is 0.538. The second kappa shape index (κ2) is 7.38. The van der Waals surface area contributed by atoms with E-state index in [0.29, 0.717) is 35.9 Å². The van der Waals surface area contributed by atoms with E-state index in [9.17, 15) is 8.42 Å². The lowest BCUT2D eigenvalue weighted by atomic mass is 10.1. The second-order valence-electron chi connectivity index (χ2n) is 7.90. The normalized spacial score (nSPS) is 14.6. The van der Waals surface area contributed by atoms with Crippen LogP contribution in [0.25, 0.3) is 23.0 Å². The number of sulfonamides is 1. The summed E-state index contributed by atoms with van der Waals surface area (Å²) < 4.78 is 37.3. The number of hydrogen-bond donors (Lipinski definition) is 0. The van der Waals surface area contributed by atoms with Crippen molar-refractivity contribution in [1.29, 1.82) is 0 Å². The number of fused-ring (bicyclic) bond motifs is 1. The van der Waals surface area contributed by atoms with Gasteiger partial charge in [-0.3, -0.25) is 9.36 Å². The van der Waals surface area contributed by atoms with Crippen molar-refractivity contribution in [2.24, 2.45) is 14.1 Å². The molecule has 1 aromatic carbocycles. The molecule has 0 amide bonds. The van der Waals surface area contributed by atoms with Crippen LogP contribution in [0.1, 0.15) is 22.6 Å². The third-order valence-electron chi connectivity index (χ3n) is 5.91. The zero-order valence-electron chi connectivity index (χ0n) is 18.3. The molecule has 0 saturated carbocycles. The fourth-order valence-electron chi connectivity index (χ4n) is 4.23. The van der Waals surface area contributed by atoms with E-state index >= 15 is 0 Å². The maximum absolute atomic E-state index is 13.5. The summed E-state index contributed by atoms with van der Waals surface area (Å²) in [7, 11) is -0.138. The van der Waals surface area contributed by atoms with E-state index in [4.69, 9.17) is 4.52 Å². The molecule has 4 heterocycles. The van der Waals surface area contributed by atoms with Crippen LogP contribution >= 0.6 is 0 Å². The molecule has 5 rings (SSSR count). The third kappa shape index (κ3) is 3.16. The van der Waals surface area contributed by atoms with Crippen molar-refractivity contribution in [1.82, 2.24) is 34.0 Å². The lowest BCUT2D eigenvalue weighted by molar-refractivity contribution is 0.384. The van der Waals surface area contributed by atoms with Crippen LogP contribution in [0.5, 0.6) is 0 Å². The quantitative estimate of drug-likeness (QED) is 0.466. The third-order valence-corrected chi connectivity index (χ3v) is 8.01. The number of nitrogens with zero attached hydrogens (tertiary/aromatic N) is 7. The molecule has 0 bridgehead atoms. The van der Waals surface area contributed by atoms with Crippen LogP contribution in [-0.4, -0.2) is 49.0 Å². The van der Waals surface area contributed by atoms with Crippen molar-refractivity contribution in [2.75, 3.05) is 6.54 Å². The first-order valence-electron chi connectivity index (χ1n) is 10.2. The molecule has 0 radical (unpaired) electrons. The maximum Gasteiger partial charge on any atom is 0.279 e. The van der Waals surface area contributed by atoms with Gasteiger partial charge in [0, 0.05) is 50.4 Å². The molecule has 0 aliphatic carbocycles. The van der Waals surface area contributed by atoms with Crippen molar-refractivity contribution in [3.05, 3.63) is 53.0 Å². The molecule has 166 valence electrons. The molecule has 11 heteroatoms. The Labute approximate surface area is 185 Å². The van der Waals surface area contributed by atoms with Crippen LogP contribution in [0.15, 0.2) is 39.8 Å². The fraction of sp³-hybridized carbons (Fsp3) is 0.333. The van der Waals surface area contributed by atoms with E-state index in [2.05, 4.69) is 20.3 Å². The molecule has 10 nitrogen and oxygen atoms in total. The minimum Gasteiger partial charge on any atom is -0.332 e. The highest BCUT2D eigenvalue weighted by molar-refractivity contribution is 7.89. The van der Waals surface area contributed by atoms with E-state index in [1.165, 1.54) is 4.31 Å². The Balaban J connectivity index is 1.53. The summed E-state index contributed by atoms with van der Waals surface area (Å²) in [5.41, 5.74) is 4.20. The molecule has 32 heavy (non-hydrogen) atoms. The Morgan fingerprint density at radius 3 is 2.47 bits per heavy atom. The van der Waals surface area contributed by atoms with Gasteiger partial charge < -0.3 is 4.52 Å². The Bertz CT molecular complexity index is 1420. The van der Waals surface area contributed by atoms with Gasteiger partial charge in [0.15, 0.2) is 5.69 Å². The van der Waals surface area contributed by atoms with Crippen LogP contribution in [0.3, 0.4) is 0 Å². The van der Waals surface area contributed by atoms with Gasteiger partial charge >= 0.3 is 0 Å². The largest absolute Gasteiger partial charge is 0.332 e. The molecule has 1 aliphatic rings. The van der Waals surface area contributed by atoms with Crippen LogP contribution in [-0.2, 0) is 37.1 Å². The molecular weight excluding hydrogens is 430 g/mol. The van der Waals surface area contributed by atoms with Gasteiger partial charge in [0.1, 0.15) is 4.90 Å². The van der Waals surface area contributed by atoms with Gasteiger partial charge in [0.2, 0.25) is 15.8 Å². The number of aryl methyl sites for hydroxylation is 3. The molecule has 0 fully saturated rings. The zero-order chi connectivity index (χ0) is 22.6. The molecule has 3 aromatic heterocycles. The van der Waals surface area contributed by atoms with Crippen molar-refractivity contribution >= 4 is 10.0 Å². The minimum absolute atomic E-state index is 0.178. The van der Waals surface area contributed by atoms with E-state index in [0.717, 1.165) is 16.8 Å². The minimum atomic E-state index is -3.73. The number of aromatic nitrogens is 6. The summed E-state index contributed by atoms with van der Waals surface area (Å²) in [6, 6.07) is 9.52. The number of hydrogen-bond acceptors (Lipinski definition) is 7. The highest BCUT2D eigenvalue weighted by Gasteiger charge is 2.36. The average Bonchev–Trinajstić information content (AvgIpc) is 3.45. The predicted molar refractivity (Wildman–Crippen MR) is 116 cm³/mol. The van der Waals surface area contributed by atoms with Crippen LogP contribution < -0.4 is 0 Å². The molecule has 0 saturated heterocycles. The lowest BCUT2D eigenvalue weighted by Crippen LogP contribution is -2.36. The van der Waals surface area contributed by atoms with Crippen LogP contribution in [0.4, 0.5) is 0 Å². The van der Waals surface area contributed by atoms with Gasteiger partial charge in [-0.15, -0.1) is 0 Å². The highest BCUT2D eigenvalue weighted by atomic mass is 32.2. The van der Waals surface area contributed by atoms with Gasteiger partial charge in [0.05, 0.1) is 11.4 Å². The van der Waals surface area contributed by atoms with Gasteiger partial charge in [0.25, 0.3) is 5.89 Å². The summed E-state index contributed by atoms with van der Waals surface area (Å²) in [5, 5.41) is 12.9. The first-order chi connectivity index (χ1) is 15.3. The molecule has 4 aromatic rings. The molecule has 0 spiro atoms. The van der Waals surface area contributed by atoms with Crippen LogP contribution in [0, 0.1) is 13.8 Å². The van der Waals surface area contributed by atoms with Crippen LogP contribution in [0.2, 0.25) is 0 Å². The summed E-state index contributed by atoms with van der Waals surface area (Å²) >= 11 is 0. The van der Waals surface area contributed by atoms with Gasteiger partial charge in [-0.1, -0.05) is 35.5 Å². The average molecular weight is 454 g/mol. The maximum atomic E-state index is 13.5. The smallest absolute Gasteiger partial charge is 0.279 e. The summed E-state index contributed by atoms with van der Waals surface area (Å²) in [6.45, 7) is 4.02. The van der Waals surface area contributed by atoms with Crippen molar-refractivity contribution < 1.29 is 12.9 Å². The van der Waals surface area contributed by atoms with E-state index in [1.807, 2.05) is 37.4 Å². The first kappa shape index (κ1) is 20.6. The van der Waals surface area contributed by atoms with E-state index in [-0.39, 0.29) is 17.3 Å². The molecule has 0 unspecified atom stereocenters. The standard InChI is InChI=1S/C21H23N7O3S/c1-13-19(14(2)26(3)23-13)32(29,30)28-11-10-17-16(12-28)18(24-27(17)4)21-22-20(25-31-21)15-8-6-5-7-9-15/h5-9H,10-12H2,1-4H3. The predicted octanol–water partition coefficient (Wildman–Crippen LogP) is 2.23. The lowest BCUT2D eigenvalue weighted by Gasteiger charge is -2.26. The Morgan fingerprint density at radius 2 is 1.78 bits per heavy atom. The molecule has 1 aliphatic heterocycles. The Hall–Kier alpha value is -3.31. The highest BCUT2D eigenvalue weighted by Crippen LogP contribution is 2.33. The monoisotopic (exact) mass is 453 g/mol. The van der Waals surface area contributed by atoms with Gasteiger partial charge in [-0.2, -0.15) is 19.5 Å². The van der Waals surface area contributed by atoms with Crippen molar-refractivity contribution in [3.63, 3.8) is 0 Å². The van der Waals surface area contributed by atoms with E-state index in [1.54, 1.807) is 30.3 Å². The summed E-state index contributed by atoms with van der Waals surface area (Å²) in [4.78, 5) is 4.78. The number of benzene rings is 1. The SMILES string of the molecule is Cc1nn(C)c(C)c1S(=O)(=O)N1CCc2c(c(-c3nc(-c4ccccc4)no3)nn2C)C1. The fourth-order valence-corrected chi connectivity index (χ4v) is 6.03.